The molecule has 1 aromatic rings. The van der Waals surface area contributed by atoms with Gasteiger partial charge in [0, 0.05) is 12.5 Å². The van der Waals surface area contributed by atoms with Crippen LogP contribution in [0, 0.1) is 0 Å². The Morgan fingerprint density at radius 2 is 2.05 bits per heavy atom. The minimum Gasteiger partial charge on any atom is -0.328 e. The Bertz CT molecular complexity index is 491. The molecule has 0 unspecified atom stereocenters. The fraction of sp³-hybridized carbons (Fsp3) is 0.583. The molecule has 20 heavy (non-hydrogen) atoms. The molecule has 112 valence electrons. The van der Waals surface area contributed by atoms with Gasteiger partial charge in [0.25, 0.3) is 5.91 Å². The molecule has 1 heterocycles. The molecule has 0 radical (unpaired) electrons. The monoisotopic (exact) mass is 309 g/mol. The van der Waals surface area contributed by atoms with Crippen molar-refractivity contribution in [3.63, 3.8) is 0 Å². The number of hydrogen-bond donors (Lipinski definition) is 0. The highest BCUT2D eigenvalue weighted by Gasteiger charge is 2.33. The van der Waals surface area contributed by atoms with Gasteiger partial charge < -0.3 is 4.90 Å². The van der Waals surface area contributed by atoms with Crippen molar-refractivity contribution in [1.82, 2.24) is 14.9 Å². The van der Waals surface area contributed by atoms with Crippen molar-refractivity contribution in [3.8, 4) is 0 Å². The predicted molar refractivity (Wildman–Crippen MR) is 68.8 cm³/mol. The van der Waals surface area contributed by atoms with Gasteiger partial charge in [0.05, 0.1) is 11.2 Å². The van der Waals surface area contributed by atoms with Crippen LogP contribution >= 0.6 is 11.6 Å². The highest BCUT2D eigenvalue weighted by molar-refractivity contribution is 6.33. The zero-order valence-electron chi connectivity index (χ0n) is 11.3. The SMILES string of the molecule is CCN(CC(F)(F)F)C(=O)c1nc(C(C)C)ncc1Cl. The lowest BCUT2D eigenvalue weighted by atomic mass is 10.2. The van der Waals surface area contributed by atoms with E-state index in [1.807, 2.05) is 13.8 Å². The van der Waals surface area contributed by atoms with Crippen LogP contribution in [-0.4, -0.2) is 40.0 Å². The van der Waals surface area contributed by atoms with Crippen molar-refractivity contribution in [2.24, 2.45) is 0 Å². The maximum Gasteiger partial charge on any atom is 0.406 e. The maximum absolute atomic E-state index is 12.4. The Kier molecular flexibility index (Phi) is 5.33. The third-order valence-corrected chi connectivity index (χ3v) is 2.80. The quantitative estimate of drug-likeness (QED) is 0.857. The van der Waals surface area contributed by atoms with Crippen molar-refractivity contribution in [3.05, 3.63) is 22.7 Å². The first-order valence-corrected chi connectivity index (χ1v) is 6.42. The van der Waals surface area contributed by atoms with Crippen LogP contribution in [0.15, 0.2) is 6.20 Å². The second-order valence-electron chi connectivity index (χ2n) is 4.51. The van der Waals surface area contributed by atoms with E-state index in [-0.39, 0.29) is 23.2 Å². The third kappa shape index (κ3) is 4.33. The van der Waals surface area contributed by atoms with E-state index < -0.39 is 18.6 Å². The lowest BCUT2D eigenvalue weighted by Gasteiger charge is -2.22. The number of aromatic nitrogens is 2. The zero-order valence-corrected chi connectivity index (χ0v) is 12.1. The van der Waals surface area contributed by atoms with Crippen molar-refractivity contribution < 1.29 is 18.0 Å². The number of alkyl halides is 3. The fourth-order valence-corrected chi connectivity index (χ4v) is 1.67. The van der Waals surface area contributed by atoms with Gasteiger partial charge in [-0.25, -0.2) is 9.97 Å². The highest BCUT2D eigenvalue weighted by Crippen LogP contribution is 2.21. The van der Waals surface area contributed by atoms with Gasteiger partial charge in [0.15, 0.2) is 5.69 Å². The molecule has 1 rings (SSSR count). The molecule has 0 bridgehead atoms. The molecule has 1 aromatic heterocycles. The van der Waals surface area contributed by atoms with Gasteiger partial charge in [-0.3, -0.25) is 4.79 Å². The van der Waals surface area contributed by atoms with E-state index in [0.717, 1.165) is 0 Å². The molecule has 0 N–H and O–H groups in total. The van der Waals surface area contributed by atoms with Crippen LogP contribution in [-0.2, 0) is 0 Å². The van der Waals surface area contributed by atoms with Crippen LogP contribution in [0.25, 0.3) is 0 Å². The molecular formula is C12H15ClF3N3O. The zero-order chi connectivity index (χ0) is 15.5. The molecule has 0 aliphatic carbocycles. The summed E-state index contributed by atoms with van der Waals surface area (Å²) in [5, 5.41) is -0.0555. The van der Waals surface area contributed by atoms with Crippen LogP contribution in [0.3, 0.4) is 0 Å². The Balaban J connectivity index is 3.09. The molecule has 4 nitrogen and oxygen atoms in total. The van der Waals surface area contributed by atoms with E-state index >= 15 is 0 Å². The second kappa shape index (κ2) is 6.39. The van der Waals surface area contributed by atoms with E-state index in [9.17, 15) is 18.0 Å². The van der Waals surface area contributed by atoms with E-state index in [4.69, 9.17) is 11.6 Å². The van der Waals surface area contributed by atoms with E-state index in [1.54, 1.807) is 0 Å². The van der Waals surface area contributed by atoms with Crippen LogP contribution in [0.1, 0.15) is 43.0 Å². The second-order valence-corrected chi connectivity index (χ2v) is 4.92. The van der Waals surface area contributed by atoms with Gasteiger partial charge in [-0.1, -0.05) is 25.4 Å². The smallest absolute Gasteiger partial charge is 0.328 e. The molecule has 0 aliphatic rings. The number of rotatable bonds is 4. The van der Waals surface area contributed by atoms with Crippen LogP contribution < -0.4 is 0 Å². The lowest BCUT2D eigenvalue weighted by molar-refractivity contribution is -0.140. The summed E-state index contributed by atoms with van der Waals surface area (Å²) in [6, 6.07) is 0. The average molecular weight is 310 g/mol. The van der Waals surface area contributed by atoms with Crippen LogP contribution in [0.4, 0.5) is 13.2 Å². The van der Waals surface area contributed by atoms with Crippen LogP contribution in [0.5, 0.6) is 0 Å². The Hall–Kier alpha value is -1.37. The summed E-state index contributed by atoms with van der Waals surface area (Å²) in [7, 11) is 0. The van der Waals surface area contributed by atoms with Crippen molar-refractivity contribution in [2.75, 3.05) is 13.1 Å². The molecule has 0 aromatic carbocycles. The average Bonchev–Trinajstić information content (AvgIpc) is 2.34. The number of nitrogens with zero attached hydrogens (tertiary/aromatic N) is 3. The number of carbonyl (C=O) groups is 1. The first kappa shape index (κ1) is 16.7. The summed E-state index contributed by atoms with van der Waals surface area (Å²) in [5.41, 5.74) is -0.198. The summed E-state index contributed by atoms with van der Waals surface area (Å²) < 4.78 is 37.3. The van der Waals surface area contributed by atoms with E-state index in [2.05, 4.69) is 9.97 Å². The normalized spacial score (nSPS) is 11.8. The molecule has 0 spiro atoms. The Labute approximate surface area is 120 Å². The molecule has 1 amide bonds. The molecule has 0 saturated carbocycles. The van der Waals surface area contributed by atoms with Gasteiger partial charge >= 0.3 is 6.18 Å². The van der Waals surface area contributed by atoms with Gasteiger partial charge in [0.2, 0.25) is 0 Å². The molecule has 0 atom stereocenters. The van der Waals surface area contributed by atoms with Crippen molar-refractivity contribution in [2.45, 2.75) is 32.9 Å². The summed E-state index contributed by atoms with van der Waals surface area (Å²) in [4.78, 5) is 20.7. The molecule has 0 fully saturated rings. The minimum atomic E-state index is -4.47. The topological polar surface area (TPSA) is 46.1 Å². The standard InChI is InChI=1S/C12H15ClF3N3O/c1-4-19(6-12(14,15)16)11(20)9-8(13)5-17-10(18-9)7(2)3/h5,7H,4,6H2,1-3H3. The molecule has 0 saturated heterocycles. The largest absolute Gasteiger partial charge is 0.406 e. The third-order valence-electron chi connectivity index (χ3n) is 2.52. The maximum atomic E-state index is 12.4. The highest BCUT2D eigenvalue weighted by atomic mass is 35.5. The van der Waals surface area contributed by atoms with Gasteiger partial charge in [-0.15, -0.1) is 0 Å². The molecular weight excluding hydrogens is 295 g/mol. The number of carbonyl (C=O) groups excluding carboxylic acids is 1. The fourth-order valence-electron chi connectivity index (χ4n) is 1.50. The van der Waals surface area contributed by atoms with E-state index in [1.165, 1.54) is 13.1 Å². The Morgan fingerprint density at radius 3 is 2.50 bits per heavy atom. The summed E-state index contributed by atoms with van der Waals surface area (Å²) >= 11 is 5.81. The van der Waals surface area contributed by atoms with Crippen molar-refractivity contribution >= 4 is 17.5 Å². The molecule has 0 aliphatic heterocycles. The first-order valence-electron chi connectivity index (χ1n) is 6.04. The summed E-state index contributed by atoms with van der Waals surface area (Å²) in [6.45, 7) is 3.66. The first-order chi connectivity index (χ1) is 9.15. The minimum absolute atomic E-state index is 0.0555. The van der Waals surface area contributed by atoms with Gasteiger partial charge in [0.1, 0.15) is 12.4 Å². The van der Waals surface area contributed by atoms with Gasteiger partial charge in [-0.05, 0) is 6.92 Å². The summed E-state index contributed by atoms with van der Waals surface area (Å²) in [5.74, 6) is -0.545. The van der Waals surface area contributed by atoms with Crippen molar-refractivity contribution in [1.29, 1.82) is 0 Å². The summed E-state index contributed by atoms with van der Waals surface area (Å²) in [6.07, 6.45) is -3.23. The van der Waals surface area contributed by atoms with Crippen LogP contribution in [0.2, 0.25) is 5.02 Å². The van der Waals surface area contributed by atoms with E-state index in [0.29, 0.717) is 10.7 Å². The number of halogens is 4. The predicted octanol–water partition coefficient (Wildman–Crippen LogP) is 3.28. The molecule has 8 heteroatoms. The Morgan fingerprint density at radius 1 is 1.45 bits per heavy atom. The number of hydrogen-bond acceptors (Lipinski definition) is 3. The lowest BCUT2D eigenvalue weighted by Crippen LogP contribution is -2.39. The van der Waals surface area contributed by atoms with Gasteiger partial charge in [-0.2, -0.15) is 13.2 Å². The number of amides is 1.